The number of hydrogen-bond donors (Lipinski definition) is 3. The Balaban J connectivity index is 1.55. The fourth-order valence-corrected chi connectivity index (χ4v) is 7.52. The molecule has 3 aliphatic rings. The molecule has 3 heterocycles. The number of alkyl halides is 1. The van der Waals surface area contributed by atoms with Gasteiger partial charge in [0.05, 0.1) is 41.3 Å². The Morgan fingerprint density at radius 2 is 1.82 bits per heavy atom. The molecule has 2 aromatic rings. The lowest BCUT2D eigenvalue weighted by Crippen LogP contribution is -2.56. The van der Waals surface area contributed by atoms with Crippen molar-refractivity contribution < 1.29 is 24.2 Å². The maximum Gasteiger partial charge on any atom is 0.250 e. The standard InChI is InChI=1S/C28H31BrClN3O5/c1-15(2)12-17(14-34)33-24(26(36)32-20-11-7-6-10-19(20)30)28-13-18(29)23(38-28)21(22(28)27(33)37)25(35)31-16-8-4-3-5-9-16/h3-11,15,17-18,21-24,34H,12-14H2,1-2H3,(H,31,35)(H,32,36)/t17-,18?,21+,22+,23+,24?,28?/m1/s1. The quantitative estimate of drug-likeness (QED) is 0.394. The van der Waals surface area contributed by atoms with Gasteiger partial charge in [-0.15, -0.1) is 0 Å². The van der Waals surface area contributed by atoms with E-state index in [4.69, 9.17) is 16.3 Å². The lowest BCUT2D eigenvalue weighted by atomic mass is 9.70. The predicted molar refractivity (Wildman–Crippen MR) is 148 cm³/mol. The summed E-state index contributed by atoms with van der Waals surface area (Å²) in [6.07, 6.45) is 0.284. The maximum atomic E-state index is 14.2. The molecule has 5 rings (SSSR count). The minimum absolute atomic E-state index is 0.156. The number of fused-ring (bicyclic) bond motifs is 1. The van der Waals surface area contributed by atoms with E-state index in [1.54, 1.807) is 36.4 Å². The van der Waals surface area contributed by atoms with Crippen LogP contribution in [0.25, 0.3) is 0 Å². The van der Waals surface area contributed by atoms with Crippen LogP contribution in [0.15, 0.2) is 54.6 Å². The molecular formula is C28H31BrClN3O5. The number of para-hydroxylation sites is 2. The van der Waals surface area contributed by atoms with Gasteiger partial charge in [0.2, 0.25) is 17.7 Å². The van der Waals surface area contributed by atoms with Crippen molar-refractivity contribution in [2.45, 2.75) is 55.3 Å². The minimum Gasteiger partial charge on any atom is -0.394 e. The predicted octanol–water partition coefficient (Wildman–Crippen LogP) is 4.07. The number of hydrogen-bond acceptors (Lipinski definition) is 5. The van der Waals surface area contributed by atoms with E-state index in [2.05, 4.69) is 26.6 Å². The zero-order valence-corrected chi connectivity index (χ0v) is 23.5. The van der Waals surface area contributed by atoms with E-state index in [0.29, 0.717) is 29.2 Å². The topological polar surface area (TPSA) is 108 Å². The third-order valence-electron chi connectivity index (χ3n) is 7.80. The number of nitrogens with one attached hydrogen (secondary N) is 2. The van der Waals surface area contributed by atoms with Crippen molar-refractivity contribution in [3.63, 3.8) is 0 Å². The molecule has 0 radical (unpaired) electrons. The second kappa shape index (κ2) is 10.6. The van der Waals surface area contributed by atoms with Crippen molar-refractivity contribution in [1.29, 1.82) is 0 Å². The first-order chi connectivity index (χ1) is 18.2. The molecule has 3 unspecified atom stereocenters. The summed E-state index contributed by atoms with van der Waals surface area (Å²) in [6.45, 7) is 3.67. The number of ether oxygens (including phenoxy) is 1. The first-order valence-electron chi connectivity index (χ1n) is 12.8. The monoisotopic (exact) mass is 603 g/mol. The van der Waals surface area contributed by atoms with Crippen LogP contribution in [-0.4, -0.2) is 63.0 Å². The average molecular weight is 605 g/mol. The molecule has 7 atom stereocenters. The van der Waals surface area contributed by atoms with E-state index >= 15 is 0 Å². The van der Waals surface area contributed by atoms with Crippen LogP contribution in [0.1, 0.15) is 26.7 Å². The van der Waals surface area contributed by atoms with Crippen LogP contribution in [0.2, 0.25) is 5.02 Å². The molecule has 2 aromatic carbocycles. The number of aliphatic hydroxyl groups excluding tert-OH is 1. The van der Waals surface area contributed by atoms with Gasteiger partial charge in [-0.05, 0) is 43.0 Å². The van der Waals surface area contributed by atoms with Crippen LogP contribution in [0.5, 0.6) is 0 Å². The number of anilines is 2. The summed E-state index contributed by atoms with van der Waals surface area (Å²) < 4.78 is 6.52. The fraction of sp³-hybridized carbons (Fsp3) is 0.464. The Labute approximate surface area is 235 Å². The molecule has 202 valence electrons. The molecule has 2 bridgehead atoms. The lowest BCUT2D eigenvalue weighted by molar-refractivity contribution is -0.143. The summed E-state index contributed by atoms with van der Waals surface area (Å²) in [6, 6.07) is 14.2. The third kappa shape index (κ3) is 4.53. The average Bonchev–Trinajstić information content (AvgIpc) is 3.47. The van der Waals surface area contributed by atoms with E-state index in [0.717, 1.165) is 0 Å². The molecule has 0 saturated carbocycles. The van der Waals surface area contributed by atoms with E-state index in [-0.39, 0.29) is 29.2 Å². The number of amides is 3. The van der Waals surface area contributed by atoms with Gasteiger partial charge in [0.25, 0.3) is 0 Å². The van der Waals surface area contributed by atoms with Crippen LogP contribution >= 0.6 is 27.5 Å². The van der Waals surface area contributed by atoms with Crippen molar-refractivity contribution >= 4 is 56.6 Å². The molecule has 8 nitrogen and oxygen atoms in total. The summed E-state index contributed by atoms with van der Waals surface area (Å²) in [4.78, 5) is 43.0. The van der Waals surface area contributed by atoms with Gasteiger partial charge in [-0.25, -0.2) is 0 Å². The molecule has 3 N–H and O–H groups in total. The lowest BCUT2D eigenvalue weighted by Gasteiger charge is -2.37. The summed E-state index contributed by atoms with van der Waals surface area (Å²) >= 11 is 10.00. The van der Waals surface area contributed by atoms with Crippen LogP contribution in [0.3, 0.4) is 0 Å². The second-order valence-electron chi connectivity index (χ2n) is 10.7. The Morgan fingerprint density at radius 3 is 2.47 bits per heavy atom. The Morgan fingerprint density at radius 1 is 1.13 bits per heavy atom. The Kier molecular flexibility index (Phi) is 7.57. The van der Waals surface area contributed by atoms with Crippen LogP contribution in [0.4, 0.5) is 11.4 Å². The Hall–Kier alpha value is -2.46. The van der Waals surface area contributed by atoms with Crippen molar-refractivity contribution in [2.24, 2.45) is 17.8 Å². The van der Waals surface area contributed by atoms with Gasteiger partial charge in [-0.1, -0.05) is 71.7 Å². The smallest absolute Gasteiger partial charge is 0.250 e. The molecule has 3 aliphatic heterocycles. The zero-order chi connectivity index (χ0) is 27.2. The summed E-state index contributed by atoms with van der Waals surface area (Å²) in [5, 5.41) is 16.5. The number of carbonyl (C=O) groups excluding carboxylic acids is 3. The number of nitrogens with zero attached hydrogens (tertiary/aromatic N) is 1. The number of likely N-dealkylation sites (tertiary alicyclic amines) is 1. The highest BCUT2D eigenvalue weighted by atomic mass is 79.9. The number of halogens is 2. The summed E-state index contributed by atoms with van der Waals surface area (Å²) in [7, 11) is 0. The SMILES string of the molecule is CC(C)C[C@H](CO)N1C(=O)[C@@H]2[C@H](C(=O)Nc3ccccc3)[C@H]3OC2(CC3Br)C1C(=O)Nc1ccccc1Cl. The first-order valence-corrected chi connectivity index (χ1v) is 14.1. The zero-order valence-electron chi connectivity index (χ0n) is 21.1. The highest BCUT2D eigenvalue weighted by Gasteiger charge is 2.77. The molecule has 3 amide bonds. The third-order valence-corrected chi connectivity index (χ3v) is 8.97. The second-order valence-corrected chi connectivity index (χ2v) is 12.3. The van der Waals surface area contributed by atoms with Crippen molar-refractivity contribution in [2.75, 3.05) is 17.2 Å². The van der Waals surface area contributed by atoms with Gasteiger partial charge < -0.3 is 25.4 Å². The molecule has 38 heavy (non-hydrogen) atoms. The molecule has 0 aromatic heterocycles. The number of carbonyl (C=O) groups is 3. The largest absolute Gasteiger partial charge is 0.394 e. The highest BCUT2D eigenvalue weighted by Crippen LogP contribution is 2.60. The Bertz CT molecular complexity index is 1230. The molecule has 3 saturated heterocycles. The number of benzene rings is 2. The van der Waals surface area contributed by atoms with Crippen LogP contribution in [-0.2, 0) is 19.1 Å². The fourth-order valence-electron chi connectivity index (χ4n) is 6.39. The number of aliphatic hydroxyl groups is 1. The van der Waals surface area contributed by atoms with Gasteiger partial charge >= 0.3 is 0 Å². The van der Waals surface area contributed by atoms with Gasteiger partial charge in [0.15, 0.2) is 0 Å². The van der Waals surface area contributed by atoms with Crippen molar-refractivity contribution in [3.05, 3.63) is 59.6 Å². The van der Waals surface area contributed by atoms with E-state index in [1.165, 1.54) is 4.90 Å². The number of rotatable bonds is 8. The van der Waals surface area contributed by atoms with Crippen LogP contribution in [0, 0.1) is 17.8 Å². The van der Waals surface area contributed by atoms with Gasteiger partial charge in [0.1, 0.15) is 11.6 Å². The normalized spacial score (nSPS) is 30.4. The molecule has 3 fully saturated rings. The molecule has 0 aliphatic carbocycles. The van der Waals surface area contributed by atoms with E-state index < -0.39 is 41.5 Å². The van der Waals surface area contributed by atoms with Gasteiger partial charge in [-0.3, -0.25) is 14.4 Å². The van der Waals surface area contributed by atoms with E-state index in [1.807, 2.05) is 32.0 Å². The van der Waals surface area contributed by atoms with Crippen molar-refractivity contribution in [1.82, 2.24) is 4.90 Å². The van der Waals surface area contributed by atoms with Gasteiger partial charge in [0, 0.05) is 10.5 Å². The maximum absolute atomic E-state index is 14.2. The van der Waals surface area contributed by atoms with Crippen LogP contribution < -0.4 is 10.6 Å². The molecule has 1 spiro atoms. The van der Waals surface area contributed by atoms with Gasteiger partial charge in [-0.2, -0.15) is 0 Å². The minimum atomic E-state index is -1.23. The van der Waals surface area contributed by atoms with E-state index in [9.17, 15) is 19.5 Å². The summed E-state index contributed by atoms with van der Waals surface area (Å²) in [5.74, 6) is -2.65. The highest BCUT2D eigenvalue weighted by molar-refractivity contribution is 9.09. The first kappa shape index (κ1) is 27.1. The molecular weight excluding hydrogens is 574 g/mol. The van der Waals surface area contributed by atoms with Crippen molar-refractivity contribution in [3.8, 4) is 0 Å². The molecule has 10 heteroatoms. The summed E-state index contributed by atoms with van der Waals surface area (Å²) in [5.41, 5.74) is -0.203.